The summed E-state index contributed by atoms with van der Waals surface area (Å²) in [6, 6.07) is 0.398. The molecule has 1 rings (SSSR count). The van der Waals surface area contributed by atoms with Crippen molar-refractivity contribution in [1.82, 2.24) is 15.0 Å². The highest BCUT2D eigenvalue weighted by Crippen LogP contribution is 2.14. The van der Waals surface area contributed by atoms with Crippen molar-refractivity contribution in [3.63, 3.8) is 0 Å². The van der Waals surface area contributed by atoms with E-state index in [1.54, 1.807) is 0 Å². The lowest BCUT2D eigenvalue weighted by Gasteiger charge is -2.18. The van der Waals surface area contributed by atoms with Gasteiger partial charge >= 0.3 is 6.01 Å². The molecule has 6 heteroatoms. The molecule has 0 aliphatic rings. The Morgan fingerprint density at radius 3 is 2.50 bits per heavy atom. The predicted octanol–water partition coefficient (Wildman–Crippen LogP) is 2.72. The summed E-state index contributed by atoms with van der Waals surface area (Å²) in [7, 11) is 2.00. The summed E-state index contributed by atoms with van der Waals surface area (Å²) in [5, 5.41) is 3.12. The molecule has 1 aromatic rings. The molecule has 0 aromatic carbocycles. The maximum Gasteiger partial charge on any atom is 0.323 e. The SMILES string of the molecule is CCCCCN(C)c1nc(NCC)nc(OCCC)n1. The van der Waals surface area contributed by atoms with Crippen LogP contribution in [0, 0.1) is 0 Å². The van der Waals surface area contributed by atoms with Crippen LogP contribution in [0.2, 0.25) is 0 Å². The number of ether oxygens (including phenoxy) is 1. The van der Waals surface area contributed by atoms with Gasteiger partial charge in [0.1, 0.15) is 0 Å². The molecule has 0 saturated carbocycles. The molecule has 0 fully saturated rings. The largest absolute Gasteiger partial charge is 0.463 e. The van der Waals surface area contributed by atoms with Crippen LogP contribution in [0.1, 0.15) is 46.5 Å². The van der Waals surface area contributed by atoms with Crippen molar-refractivity contribution >= 4 is 11.9 Å². The number of nitrogens with one attached hydrogen (secondary N) is 1. The molecule has 1 aromatic heterocycles. The van der Waals surface area contributed by atoms with E-state index in [0.717, 1.165) is 25.9 Å². The van der Waals surface area contributed by atoms with E-state index in [4.69, 9.17) is 4.74 Å². The Balaban J connectivity index is 2.78. The van der Waals surface area contributed by atoms with Crippen molar-refractivity contribution in [3.05, 3.63) is 0 Å². The lowest BCUT2D eigenvalue weighted by atomic mass is 10.2. The van der Waals surface area contributed by atoms with Gasteiger partial charge in [0.15, 0.2) is 0 Å². The van der Waals surface area contributed by atoms with E-state index in [1.165, 1.54) is 12.8 Å². The maximum atomic E-state index is 5.53. The van der Waals surface area contributed by atoms with Crippen molar-refractivity contribution in [3.8, 4) is 6.01 Å². The van der Waals surface area contributed by atoms with Crippen LogP contribution in [-0.4, -0.2) is 41.7 Å². The van der Waals surface area contributed by atoms with Gasteiger partial charge in [-0.05, 0) is 19.8 Å². The van der Waals surface area contributed by atoms with Crippen LogP contribution in [0.3, 0.4) is 0 Å². The van der Waals surface area contributed by atoms with Crippen LogP contribution in [0.15, 0.2) is 0 Å². The van der Waals surface area contributed by atoms with Crippen LogP contribution >= 0.6 is 0 Å². The summed E-state index contributed by atoms with van der Waals surface area (Å²) in [5.74, 6) is 1.24. The monoisotopic (exact) mass is 281 g/mol. The van der Waals surface area contributed by atoms with Crippen molar-refractivity contribution in [2.24, 2.45) is 0 Å². The Bertz CT molecular complexity index is 386. The molecule has 20 heavy (non-hydrogen) atoms. The first kappa shape index (κ1) is 16.5. The van der Waals surface area contributed by atoms with Crippen LogP contribution in [0.25, 0.3) is 0 Å². The van der Waals surface area contributed by atoms with E-state index < -0.39 is 0 Å². The first-order valence-electron chi connectivity index (χ1n) is 7.55. The van der Waals surface area contributed by atoms with E-state index in [2.05, 4.69) is 39.0 Å². The Morgan fingerprint density at radius 1 is 1.05 bits per heavy atom. The third kappa shape index (κ3) is 5.59. The van der Waals surface area contributed by atoms with E-state index in [0.29, 0.717) is 24.5 Å². The fourth-order valence-electron chi connectivity index (χ4n) is 1.71. The van der Waals surface area contributed by atoms with Gasteiger partial charge in [0.25, 0.3) is 0 Å². The first-order valence-corrected chi connectivity index (χ1v) is 7.55. The minimum Gasteiger partial charge on any atom is -0.463 e. The third-order valence-corrected chi connectivity index (χ3v) is 2.81. The Hall–Kier alpha value is -1.59. The number of rotatable bonds is 10. The van der Waals surface area contributed by atoms with Crippen LogP contribution in [-0.2, 0) is 0 Å². The van der Waals surface area contributed by atoms with Crippen molar-refractivity contribution in [2.45, 2.75) is 46.5 Å². The lowest BCUT2D eigenvalue weighted by molar-refractivity contribution is 0.292. The van der Waals surface area contributed by atoms with Crippen LogP contribution in [0.5, 0.6) is 6.01 Å². The number of nitrogens with zero attached hydrogens (tertiary/aromatic N) is 4. The molecule has 0 aliphatic heterocycles. The van der Waals surface area contributed by atoms with Gasteiger partial charge in [-0.15, -0.1) is 0 Å². The number of hydrogen-bond donors (Lipinski definition) is 1. The fourth-order valence-corrected chi connectivity index (χ4v) is 1.71. The second-order valence-electron chi connectivity index (χ2n) is 4.75. The second kappa shape index (κ2) is 9.34. The third-order valence-electron chi connectivity index (χ3n) is 2.81. The summed E-state index contributed by atoms with van der Waals surface area (Å²) < 4.78 is 5.53. The highest BCUT2D eigenvalue weighted by molar-refractivity contribution is 5.37. The van der Waals surface area contributed by atoms with Crippen molar-refractivity contribution < 1.29 is 4.74 Å². The highest BCUT2D eigenvalue weighted by atomic mass is 16.5. The number of unbranched alkanes of at least 4 members (excludes halogenated alkanes) is 2. The van der Waals surface area contributed by atoms with Gasteiger partial charge in [0.2, 0.25) is 11.9 Å². The zero-order chi connectivity index (χ0) is 14.8. The molecule has 0 amide bonds. The van der Waals surface area contributed by atoms with E-state index >= 15 is 0 Å². The van der Waals surface area contributed by atoms with Gasteiger partial charge in [-0.25, -0.2) is 0 Å². The lowest BCUT2D eigenvalue weighted by Crippen LogP contribution is -2.22. The van der Waals surface area contributed by atoms with Crippen LogP contribution in [0.4, 0.5) is 11.9 Å². The first-order chi connectivity index (χ1) is 9.71. The van der Waals surface area contributed by atoms with Gasteiger partial charge < -0.3 is 15.0 Å². The average molecular weight is 281 g/mol. The zero-order valence-electron chi connectivity index (χ0n) is 13.1. The quantitative estimate of drug-likeness (QED) is 0.665. The van der Waals surface area contributed by atoms with Crippen molar-refractivity contribution in [1.29, 1.82) is 0 Å². The molecule has 1 N–H and O–H groups in total. The van der Waals surface area contributed by atoms with Gasteiger partial charge in [-0.1, -0.05) is 26.7 Å². The molecule has 0 spiro atoms. The van der Waals surface area contributed by atoms with E-state index in [1.807, 2.05) is 14.0 Å². The summed E-state index contributed by atoms with van der Waals surface area (Å²) in [4.78, 5) is 15.1. The minimum atomic E-state index is 0.398. The van der Waals surface area contributed by atoms with Gasteiger partial charge in [0, 0.05) is 20.1 Å². The maximum absolute atomic E-state index is 5.53. The summed E-state index contributed by atoms with van der Waals surface area (Å²) in [5.41, 5.74) is 0. The molecule has 0 aliphatic carbocycles. The normalized spacial score (nSPS) is 10.4. The molecule has 1 heterocycles. The van der Waals surface area contributed by atoms with Crippen LogP contribution < -0.4 is 15.0 Å². The molecule has 0 saturated heterocycles. The Labute approximate surface area is 122 Å². The average Bonchev–Trinajstić information content (AvgIpc) is 2.45. The molecule has 0 radical (unpaired) electrons. The van der Waals surface area contributed by atoms with E-state index in [9.17, 15) is 0 Å². The second-order valence-corrected chi connectivity index (χ2v) is 4.75. The molecule has 0 atom stereocenters. The van der Waals surface area contributed by atoms with Crippen molar-refractivity contribution in [2.75, 3.05) is 37.0 Å². The standard InChI is InChI=1S/C14H27N5O/c1-5-8-9-10-19(4)13-16-12(15-7-3)17-14(18-13)20-11-6-2/h5-11H2,1-4H3,(H,15,16,17,18). The van der Waals surface area contributed by atoms with Gasteiger partial charge in [-0.3, -0.25) is 0 Å². The number of hydrogen-bond acceptors (Lipinski definition) is 6. The summed E-state index contributed by atoms with van der Waals surface area (Å²) in [6.45, 7) is 8.61. The van der Waals surface area contributed by atoms with E-state index in [-0.39, 0.29) is 0 Å². The summed E-state index contributed by atoms with van der Waals surface area (Å²) in [6.07, 6.45) is 4.50. The molecule has 0 unspecified atom stereocenters. The Morgan fingerprint density at radius 2 is 1.85 bits per heavy atom. The predicted molar refractivity (Wildman–Crippen MR) is 82.6 cm³/mol. The van der Waals surface area contributed by atoms with Gasteiger partial charge in [-0.2, -0.15) is 15.0 Å². The molecular formula is C14H27N5O. The highest BCUT2D eigenvalue weighted by Gasteiger charge is 2.10. The number of aromatic nitrogens is 3. The summed E-state index contributed by atoms with van der Waals surface area (Å²) >= 11 is 0. The smallest absolute Gasteiger partial charge is 0.323 e. The molecule has 114 valence electrons. The van der Waals surface area contributed by atoms with Gasteiger partial charge in [0.05, 0.1) is 6.61 Å². The minimum absolute atomic E-state index is 0.398. The topological polar surface area (TPSA) is 63.2 Å². The number of anilines is 2. The molecular weight excluding hydrogens is 254 g/mol. The molecule has 0 bridgehead atoms. The zero-order valence-corrected chi connectivity index (χ0v) is 13.1. The molecule has 6 nitrogen and oxygen atoms in total. The Kier molecular flexibility index (Phi) is 7.69. The fraction of sp³-hybridized carbons (Fsp3) is 0.786.